The van der Waals surface area contributed by atoms with Gasteiger partial charge in [0.25, 0.3) is 0 Å². The molecule has 0 aromatic heterocycles. The minimum atomic E-state index is -0.561. The van der Waals surface area contributed by atoms with Gasteiger partial charge in [-0.1, -0.05) is 160 Å². The lowest BCUT2D eigenvalue weighted by molar-refractivity contribution is -0.157. The molecule has 0 radical (unpaired) electrons. The third-order valence-electron chi connectivity index (χ3n) is 8.22. The molecule has 0 saturated heterocycles. The Hall–Kier alpha value is -1.29. The van der Waals surface area contributed by atoms with Gasteiger partial charge in [0.05, 0.1) is 5.88 Å². The Kier molecular flexibility index (Phi) is 35.1. The molecule has 4 nitrogen and oxygen atoms in total. The molecule has 1 atom stereocenters. The van der Waals surface area contributed by atoms with Crippen LogP contribution < -0.4 is 0 Å². The summed E-state index contributed by atoms with van der Waals surface area (Å²) in [6.07, 6.45) is 41.5. The van der Waals surface area contributed by atoms with Gasteiger partial charge in [-0.3, -0.25) is 9.59 Å². The third-order valence-corrected chi connectivity index (χ3v) is 8.56. The van der Waals surface area contributed by atoms with Crippen molar-refractivity contribution in [3.63, 3.8) is 0 Å². The van der Waals surface area contributed by atoms with Crippen LogP contribution in [-0.2, 0) is 19.1 Å². The zero-order valence-corrected chi connectivity index (χ0v) is 29.9. The lowest BCUT2D eigenvalue weighted by Crippen LogP contribution is -2.26. The predicted molar refractivity (Wildman–Crippen MR) is 190 cm³/mol. The van der Waals surface area contributed by atoms with Gasteiger partial charge in [0.1, 0.15) is 12.7 Å². The summed E-state index contributed by atoms with van der Waals surface area (Å²) in [7, 11) is 0. The van der Waals surface area contributed by atoms with E-state index in [-0.39, 0.29) is 24.4 Å². The summed E-state index contributed by atoms with van der Waals surface area (Å²) in [6, 6.07) is 0. The standard InChI is InChI=1S/C39H71ClO4/c1-3-5-7-9-11-13-15-17-19-21-23-25-27-29-31-33-38(41)43-36-37(35-40)44-39(42)34-32-30-28-26-24-22-20-18-16-14-12-10-8-6-4-2/h11,13,17,19,37H,3-10,12,14-16,18,20-36H2,1-2H3/b13-11+,19-17+/t37-/m1/s1. The number of rotatable bonds is 34. The largest absolute Gasteiger partial charge is 0.462 e. The Morgan fingerprint density at radius 1 is 0.523 bits per heavy atom. The van der Waals surface area contributed by atoms with E-state index in [9.17, 15) is 9.59 Å². The van der Waals surface area contributed by atoms with Crippen LogP contribution in [0.5, 0.6) is 0 Å². The van der Waals surface area contributed by atoms with Crippen molar-refractivity contribution in [1.29, 1.82) is 0 Å². The number of esters is 2. The molecule has 0 heterocycles. The minimum Gasteiger partial charge on any atom is -0.462 e. The Morgan fingerprint density at radius 3 is 1.39 bits per heavy atom. The van der Waals surface area contributed by atoms with E-state index in [4.69, 9.17) is 21.1 Å². The topological polar surface area (TPSA) is 52.6 Å². The number of hydrogen-bond acceptors (Lipinski definition) is 4. The molecule has 0 aromatic carbocycles. The van der Waals surface area contributed by atoms with Gasteiger partial charge in [-0.25, -0.2) is 0 Å². The molecule has 0 fully saturated rings. The first-order chi connectivity index (χ1) is 21.6. The van der Waals surface area contributed by atoms with Crippen molar-refractivity contribution in [3.05, 3.63) is 24.3 Å². The van der Waals surface area contributed by atoms with Crippen molar-refractivity contribution in [2.45, 2.75) is 200 Å². The van der Waals surface area contributed by atoms with Gasteiger partial charge in [0.2, 0.25) is 0 Å². The van der Waals surface area contributed by atoms with Gasteiger partial charge in [-0.05, 0) is 44.9 Å². The highest BCUT2D eigenvalue weighted by Crippen LogP contribution is 2.14. The van der Waals surface area contributed by atoms with Crippen LogP contribution in [0, 0.1) is 0 Å². The van der Waals surface area contributed by atoms with Gasteiger partial charge in [-0.15, -0.1) is 11.6 Å². The summed E-state index contributed by atoms with van der Waals surface area (Å²) >= 11 is 5.96. The number of carbonyl (C=O) groups is 2. The normalized spacial score (nSPS) is 12.3. The maximum Gasteiger partial charge on any atom is 0.306 e. The summed E-state index contributed by atoms with van der Waals surface area (Å²) in [5.41, 5.74) is 0. The molecule has 0 unspecified atom stereocenters. The first-order valence-electron chi connectivity index (χ1n) is 18.8. The van der Waals surface area contributed by atoms with E-state index in [1.54, 1.807) is 0 Å². The molecule has 0 amide bonds. The van der Waals surface area contributed by atoms with Crippen molar-refractivity contribution < 1.29 is 19.1 Å². The summed E-state index contributed by atoms with van der Waals surface area (Å²) in [6.45, 7) is 4.56. The van der Waals surface area contributed by atoms with E-state index in [2.05, 4.69) is 38.2 Å². The van der Waals surface area contributed by atoms with Crippen LogP contribution in [0.1, 0.15) is 194 Å². The van der Waals surface area contributed by atoms with Crippen LogP contribution in [0.4, 0.5) is 0 Å². The first kappa shape index (κ1) is 42.7. The summed E-state index contributed by atoms with van der Waals surface area (Å²) in [4.78, 5) is 24.3. The van der Waals surface area contributed by atoms with Gasteiger partial charge >= 0.3 is 11.9 Å². The highest BCUT2D eigenvalue weighted by atomic mass is 35.5. The molecular weight excluding hydrogens is 568 g/mol. The van der Waals surface area contributed by atoms with Gasteiger partial charge in [0, 0.05) is 12.8 Å². The van der Waals surface area contributed by atoms with Crippen molar-refractivity contribution in [3.8, 4) is 0 Å². The van der Waals surface area contributed by atoms with E-state index in [1.807, 2.05) is 0 Å². The van der Waals surface area contributed by atoms with Crippen LogP contribution in [0.25, 0.3) is 0 Å². The zero-order chi connectivity index (χ0) is 32.2. The Balaban J connectivity index is 3.56. The fourth-order valence-electron chi connectivity index (χ4n) is 5.33. The summed E-state index contributed by atoms with van der Waals surface area (Å²) in [5.74, 6) is -0.332. The first-order valence-corrected chi connectivity index (χ1v) is 19.4. The fourth-order valence-corrected chi connectivity index (χ4v) is 5.49. The second-order valence-corrected chi connectivity index (χ2v) is 12.9. The molecule has 0 aromatic rings. The smallest absolute Gasteiger partial charge is 0.306 e. The molecule has 44 heavy (non-hydrogen) atoms. The SMILES string of the molecule is CCCCC/C=C/C/C=C/CCCCCCCC(=O)OC[C@@H](CCl)OC(=O)CCCCCCCCCCCCCCCCC. The van der Waals surface area contributed by atoms with E-state index < -0.39 is 6.10 Å². The zero-order valence-electron chi connectivity index (χ0n) is 29.1. The van der Waals surface area contributed by atoms with Crippen LogP contribution in [0.2, 0.25) is 0 Å². The molecular formula is C39H71ClO4. The second-order valence-electron chi connectivity index (χ2n) is 12.6. The maximum absolute atomic E-state index is 12.2. The monoisotopic (exact) mass is 639 g/mol. The van der Waals surface area contributed by atoms with E-state index in [0.29, 0.717) is 12.8 Å². The lowest BCUT2D eigenvalue weighted by atomic mass is 10.0. The van der Waals surface area contributed by atoms with Crippen molar-refractivity contribution >= 4 is 23.5 Å². The van der Waals surface area contributed by atoms with Gasteiger partial charge in [0.15, 0.2) is 0 Å². The third kappa shape index (κ3) is 33.6. The van der Waals surface area contributed by atoms with Gasteiger partial charge in [-0.2, -0.15) is 0 Å². The number of allylic oxidation sites excluding steroid dienone is 4. The Morgan fingerprint density at radius 2 is 0.909 bits per heavy atom. The van der Waals surface area contributed by atoms with Crippen molar-refractivity contribution in [1.82, 2.24) is 0 Å². The molecule has 0 aliphatic rings. The predicted octanol–water partition coefficient (Wildman–Crippen LogP) is 12.8. The Bertz CT molecular complexity index is 675. The number of carbonyl (C=O) groups excluding carboxylic acids is 2. The van der Waals surface area contributed by atoms with E-state index in [0.717, 1.165) is 44.9 Å². The molecule has 5 heteroatoms. The summed E-state index contributed by atoms with van der Waals surface area (Å²) < 4.78 is 10.8. The minimum absolute atomic E-state index is 0.0488. The van der Waals surface area contributed by atoms with Crippen LogP contribution in [-0.4, -0.2) is 30.5 Å². The van der Waals surface area contributed by atoms with Crippen LogP contribution >= 0.6 is 11.6 Å². The number of unbranched alkanes of at least 4 members (excludes halogenated alkanes) is 22. The molecule has 0 aliphatic carbocycles. The van der Waals surface area contributed by atoms with Crippen LogP contribution in [0.3, 0.4) is 0 Å². The van der Waals surface area contributed by atoms with E-state index in [1.165, 1.54) is 122 Å². The molecule has 0 bridgehead atoms. The van der Waals surface area contributed by atoms with Crippen LogP contribution in [0.15, 0.2) is 24.3 Å². The van der Waals surface area contributed by atoms with E-state index >= 15 is 0 Å². The molecule has 0 rings (SSSR count). The number of ether oxygens (including phenoxy) is 2. The summed E-state index contributed by atoms with van der Waals surface area (Å²) in [5, 5.41) is 0. The fraction of sp³-hybridized carbons (Fsp3) is 0.846. The number of alkyl halides is 1. The number of halogens is 1. The maximum atomic E-state index is 12.2. The highest BCUT2D eigenvalue weighted by molar-refractivity contribution is 6.18. The molecule has 0 saturated carbocycles. The molecule has 0 N–H and O–H groups in total. The molecule has 258 valence electrons. The average Bonchev–Trinajstić information content (AvgIpc) is 3.02. The second kappa shape index (κ2) is 36.2. The Labute approximate surface area is 278 Å². The number of hydrogen-bond donors (Lipinski definition) is 0. The molecule has 0 spiro atoms. The lowest BCUT2D eigenvalue weighted by Gasteiger charge is -2.15. The molecule has 0 aliphatic heterocycles. The quantitative estimate of drug-likeness (QED) is 0.0304. The average molecular weight is 639 g/mol. The highest BCUT2D eigenvalue weighted by Gasteiger charge is 2.16. The van der Waals surface area contributed by atoms with Gasteiger partial charge < -0.3 is 9.47 Å². The van der Waals surface area contributed by atoms with Crippen molar-refractivity contribution in [2.24, 2.45) is 0 Å². The van der Waals surface area contributed by atoms with Crippen molar-refractivity contribution in [2.75, 3.05) is 12.5 Å².